The Morgan fingerprint density at radius 2 is 2.45 bits per heavy atom. The van der Waals surface area contributed by atoms with Crippen molar-refractivity contribution in [3.63, 3.8) is 0 Å². The number of morpholine rings is 1. The van der Waals surface area contributed by atoms with Crippen LogP contribution >= 0.6 is 15.9 Å². The highest BCUT2D eigenvalue weighted by molar-refractivity contribution is 9.10. The van der Waals surface area contributed by atoms with Crippen LogP contribution in [0.1, 0.15) is 17.3 Å². The van der Waals surface area contributed by atoms with Gasteiger partial charge >= 0.3 is 0 Å². The van der Waals surface area contributed by atoms with E-state index in [2.05, 4.69) is 26.3 Å². The zero-order valence-corrected chi connectivity index (χ0v) is 12.6. The maximum absolute atomic E-state index is 12.6. The molecule has 0 radical (unpaired) electrons. The van der Waals surface area contributed by atoms with Crippen molar-refractivity contribution < 1.29 is 14.6 Å². The van der Waals surface area contributed by atoms with Gasteiger partial charge in [0.1, 0.15) is 0 Å². The number of aliphatic hydroxyl groups is 1. The molecule has 2 atom stereocenters. The summed E-state index contributed by atoms with van der Waals surface area (Å²) in [7, 11) is 0. The van der Waals surface area contributed by atoms with Gasteiger partial charge in [0.05, 0.1) is 24.4 Å². The molecule has 0 bridgehead atoms. The molecule has 7 nitrogen and oxygen atoms in total. The third-order valence-electron chi connectivity index (χ3n) is 3.04. The number of hydrogen-bond acceptors (Lipinski definition) is 6. The Morgan fingerprint density at radius 1 is 1.70 bits per heavy atom. The Hall–Kier alpha value is -1.22. The summed E-state index contributed by atoms with van der Waals surface area (Å²) in [5.74, 6) is 5.51. The van der Waals surface area contributed by atoms with Crippen LogP contribution in [0.2, 0.25) is 0 Å². The van der Waals surface area contributed by atoms with Gasteiger partial charge in [0, 0.05) is 23.8 Å². The fourth-order valence-electron chi connectivity index (χ4n) is 2.20. The number of aromatic nitrogens is 1. The molecular formula is C12H17BrN4O3. The average molecular weight is 345 g/mol. The van der Waals surface area contributed by atoms with Crippen molar-refractivity contribution in [3.05, 3.63) is 22.3 Å². The second-order valence-corrected chi connectivity index (χ2v) is 5.57. The summed E-state index contributed by atoms with van der Waals surface area (Å²) in [6, 6.07) is 1.67. The number of hydrazine groups is 1. The van der Waals surface area contributed by atoms with Crippen LogP contribution in [-0.2, 0) is 4.74 Å². The summed E-state index contributed by atoms with van der Waals surface area (Å²) >= 11 is 3.29. The van der Waals surface area contributed by atoms with E-state index in [1.54, 1.807) is 17.2 Å². The molecule has 0 aliphatic carbocycles. The molecule has 1 aliphatic heterocycles. The van der Waals surface area contributed by atoms with Crippen molar-refractivity contribution in [1.29, 1.82) is 0 Å². The van der Waals surface area contributed by atoms with Gasteiger partial charge in [-0.25, -0.2) is 10.8 Å². The average Bonchev–Trinajstić information content (AvgIpc) is 2.45. The lowest BCUT2D eigenvalue weighted by Crippen LogP contribution is -2.50. The van der Waals surface area contributed by atoms with Crippen molar-refractivity contribution in [3.8, 4) is 0 Å². The molecule has 1 fully saturated rings. The molecule has 1 aromatic rings. The van der Waals surface area contributed by atoms with Gasteiger partial charge in [-0.3, -0.25) is 4.79 Å². The Kier molecular flexibility index (Phi) is 4.92. The van der Waals surface area contributed by atoms with E-state index in [4.69, 9.17) is 10.6 Å². The van der Waals surface area contributed by atoms with Crippen LogP contribution in [0.25, 0.3) is 0 Å². The SMILES string of the molecule is CC1CN(C(=O)c2cc(Br)cnc2NN)CC(CO)O1. The fourth-order valence-corrected chi connectivity index (χ4v) is 2.53. The van der Waals surface area contributed by atoms with Crippen LogP contribution in [0.5, 0.6) is 0 Å². The van der Waals surface area contributed by atoms with Crippen LogP contribution in [0.3, 0.4) is 0 Å². The summed E-state index contributed by atoms with van der Waals surface area (Å²) in [5, 5.41) is 9.21. The molecule has 0 saturated carbocycles. The second kappa shape index (κ2) is 6.49. The number of nitrogen functional groups attached to an aromatic ring is 1. The minimum atomic E-state index is -0.364. The van der Waals surface area contributed by atoms with E-state index in [1.165, 1.54) is 0 Å². The van der Waals surface area contributed by atoms with Gasteiger partial charge in [-0.15, -0.1) is 0 Å². The lowest BCUT2D eigenvalue weighted by Gasteiger charge is -2.36. The van der Waals surface area contributed by atoms with Gasteiger partial charge in [0.15, 0.2) is 5.82 Å². The molecule has 20 heavy (non-hydrogen) atoms. The predicted molar refractivity (Wildman–Crippen MR) is 77.1 cm³/mol. The topological polar surface area (TPSA) is 101 Å². The highest BCUT2D eigenvalue weighted by Crippen LogP contribution is 2.21. The molecule has 2 rings (SSSR count). The first-order chi connectivity index (χ1) is 9.55. The molecule has 1 aromatic heterocycles. The van der Waals surface area contributed by atoms with E-state index >= 15 is 0 Å². The number of carbonyl (C=O) groups excluding carboxylic acids is 1. The first-order valence-corrected chi connectivity index (χ1v) is 7.02. The van der Waals surface area contributed by atoms with Gasteiger partial charge < -0.3 is 20.2 Å². The Bertz CT molecular complexity index is 500. The molecule has 2 heterocycles. The first kappa shape index (κ1) is 15.2. The number of carbonyl (C=O) groups is 1. The summed E-state index contributed by atoms with van der Waals surface area (Å²) in [6.45, 7) is 2.55. The third-order valence-corrected chi connectivity index (χ3v) is 3.47. The highest BCUT2D eigenvalue weighted by Gasteiger charge is 2.29. The molecule has 1 aliphatic rings. The van der Waals surface area contributed by atoms with E-state index < -0.39 is 0 Å². The molecule has 1 amide bonds. The van der Waals surface area contributed by atoms with E-state index in [1.807, 2.05) is 6.92 Å². The quantitative estimate of drug-likeness (QED) is 0.540. The van der Waals surface area contributed by atoms with Crippen molar-refractivity contribution in [1.82, 2.24) is 9.88 Å². The molecule has 2 unspecified atom stereocenters. The second-order valence-electron chi connectivity index (χ2n) is 4.66. The number of amides is 1. The lowest BCUT2D eigenvalue weighted by atomic mass is 10.1. The van der Waals surface area contributed by atoms with Gasteiger partial charge in [-0.05, 0) is 28.9 Å². The lowest BCUT2D eigenvalue weighted by molar-refractivity contribution is -0.0858. The van der Waals surface area contributed by atoms with E-state index in [0.29, 0.717) is 28.9 Å². The predicted octanol–water partition coefficient (Wildman–Crippen LogP) is 0.352. The summed E-state index contributed by atoms with van der Waals surface area (Å²) in [6.07, 6.45) is 1.07. The number of nitrogens with one attached hydrogen (secondary N) is 1. The van der Waals surface area contributed by atoms with Crippen LogP contribution in [0.4, 0.5) is 5.82 Å². The van der Waals surface area contributed by atoms with Crippen molar-refractivity contribution >= 4 is 27.7 Å². The Balaban J connectivity index is 2.24. The number of nitrogens with two attached hydrogens (primary N) is 1. The number of anilines is 1. The zero-order chi connectivity index (χ0) is 14.7. The third kappa shape index (κ3) is 3.26. The fraction of sp³-hybridized carbons (Fsp3) is 0.500. The first-order valence-electron chi connectivity index (χ1n) is 6.23. The molecular weight excluding hydrogens is 328 g/mol. The minimum absolute atomic E-state index is 0.118. The Labute approximate surface area is 125 Å². The number of hydrogen-bond donors (Lipinski definition) is 3. The van der Waals surface area contributed by atoms with Crippen LogP contribution in [-0.4, -0.2) is 52.8 Å². The van der Waals surface area contributed by atoms with E-state index in [-0.39, 0.29) is 24.7 Å². The smallest absolute Gasteiger partial charge is 0.257 e. The Morgan fingerprint density at radius 3 is 3.10 bits per heavy atom. The summed E-state index contributed by atoms with van der Waals surface area (Å²) < 4.78 is 6.22. The maximum atomic E-state index is 12.6. The largest absolute Gasteiger partial charge is 0.394 e. The number of rotatable bonds is 3. The van der Waals surface area contributed by atoms with Crippen molar-refractivity contribution in [2.45, 2.75) is 19.1 Å². The molecule has 110 valence electrons. The van der Waals surface area contributed by atoms with Crippen LogP contribution in [0, 0.1) is 0 Å². The standard InChI is InChI=1S/C12H17BrN4O3/c1-7-4-17(5-9(6-18)20-7)12(19)10-2-8(13)3-15-11(10)16-14/h2-3,7,9,18H,4-6,14H2,1H3,(H,15,16). The van der Waals surface area contributed by atoms with Crippen LogP contribution in [0.15, 0.2) is 16.7 Å². The van der Waals surface area contributed by atoms with Crippen molar-refractivity contribution in [2.24, 2.45) is 5.84 Å². The number of pyridine rings is 1. The number of aliphatic hydroxyl groups excluding tert-OH is 1. The highest BCUT2D eigenvalue weighted by atomic mass is 79.9. The monoisotopic (exact) mass is 344 g/mol. The molecule has 4 N–H and O–H groups in total. The van der Waals surface area contributed by atoms with Crippen LogP contribution < -0.4 is 11.3 Å². The minimum Gasteiger partial charge on any atom is -0.394 e. The number of halogens is 1. The maximum Gasteiger partial charge on any atom is 0.257 e. The van der Waals surface area contributed by atoms with E-state index in [0.717, 1.165) is 0 Å². The zero-order valence-electron chi connectivity index (χ0n) is 11.0. The molecule has 0 spiro atoms. The molecule has 0 aromatic carbocycles. The molecule has 8 heteroatoms. The number of nitrogens with zero attached hydrogens (tertiary/aromatic N) is 2. The normalized spacial score (nSPS) is 22.7. The summed E-state index contributed by atoms with van der Waals surface area (Å²) in [5.41, 5.74) is 2.80. The van der Waals surface area contributed by atoms with Crippen molar-refractivity contribution in [2.75, 3.05) is 25.1 Å². The van der Waals surface area contributed by atoms with Gasteiger partial charge in [-0.2, -0.15) is 0 Å². The van der Waals surface area contributed by atoms with Gasteiger partial charge in [0.2, 0.25) is 0 Å². The summed E-state index contributed by atoms with van der Waals surface area (Å²) in [4.78, 5) is 18.3. The van der Waals surface area contributed by atoms with E-state index in [9.17, 15) is 9.90 Å². The van der Waals surface area contributed by atoms with Gasteiger partial charge in [0.25, 0.3) is 5.91 Å². The van der Waals surface area contributed by atoms with Gasteiger partial charge in [-0.1, -0.05) is 0 Å². The number of ether oxygens (including phenoxy) is 1. The molecule has 1 saturated heterocycles.